The fourth-order valence-electron chi connectivity index (χ4n) is 4.27. The number of carbonyl (C=O) groups is 3. The number of aryl methyl sites for hydroxylation is 2. The van der Waals surface area contributed by atoms with Crippen LogP contribution in [-0.2, 0) is 27.2 Å². The maximum absolute atomic E-state index is 13.1. The summed E-state index contributed by atoms with van der Waals surface area (Å²) in [6.07, 6.45) is 0.713. The van der Waals surface area contributed by atoms with E-state index in [2.05, 4.69) is 25.9 Å². The number of nitrogens with two attached hydrogens (primary N) is 4. The number of nitrogens with one attached hydrogen (secondary N) is 3. The van der Waals surface area contributed by atoms with Gasteiger partial charge in [0.05, 0.1) is 12.6 Å². The average Bonchev–Trinajstić information content (AvgIpc) is 2.88. The van der Waals surface area contributed by atoms with Crippen molar-refractivity contribution in [2.24, 2.45) is 32.9 Å². The van der Waals surface area contributed by atoms with Gasteiger partial charge < -0.3 is 44.0 Å². The van der Waals surface area contributed by atoms with Crippen molar-refractivity contribution >= 4 is 29.6 Å². The van der Waals surface area contributed by atoms with E-state index in [4.69, 9.17) is 22.9 Å². The van der Waals surface area contributed by atoms with E-state index in [1.165, 1.54) is 6.92 Å². The van der Waals surface area contributed by atoms with Gasteiger partial charge in [-0.25, -0.2) is 4.99 Å². The highest BCUT2D eigenvalue weighted by Gasteiger charge is 2.25. The van der Waals surface area contributed by atoms with Crippen molar-refractivity contribution in [2.75, 3.05) is 13.1 Å². The van der Waals surface area contributed by atoms with E-state index in [0.717, 1.165) is 22.3 Å². The van der Waals surface area contributed by atoms with Gasteiger partial charge in [0.25, 0.3) is 0 Å². The van der Waals surface area contributed by atoms with Gasteiger partial charge in [-0.1, -0.05) is 30.3 Å². The Hall–Kier alpha value is -4.81. The number of rotatable bonds is 14. The van der Waals surface area contributed by atoms with E-state index in [1.807, 2.05) is 44.2 Å². The van der Waals surface area contributed by atoms with Gasteiger partial charge in [0, 0.05) is 19.4 Å². The van der Waals surface area contributed by atoms with Crippen LogP contribution < -0.4 is 38.9 Å². The Bertz CT molecular complexity index is 1230. The molecule has 0 spiro atoms. The molecule has 0 aliphatic rings. The summed E-state index contributed by atoms with van der Waals surface area (Å²) in [5, 5.41) is 18.2. The summed E-state index contributed by atoms with van der Waals surface area (Å²) in [5.74, 6) is -1.51. The van der Waals surface area contributed by atoms with Crippen LogP contribution in [0.1, 0.15) is 35.6 Å². The third-order valence-electron chi connectivity index (χ3n) is 6.28. The Morgan fingerprint density at radius 2 is 1.54 bits per heavy atom. The molecular weight excluding hydrogens is 526 g/mol. The highest BCUT2D eigenvalue weighted by atomic mass is 16.3. The van der Waals surface area contributed by atoms with Gasteiger partial charge in [-0.15, -0.1) is 0 Å². The number of nitrogens with zero attached hydrogens (tertiary/aromatic N) is 2. The highest BCUT2D eigenvalue weighted by Crippen LogP contribution is 2.22. The Labute approximate surface area is 239 Å². The molecule has 0 saturated heterocycles. The number of guanidine groups is 2. The number of hydrogen-bond donors (Lipinski definition) is 8. The van der Waals surface area contributed by atoms with Crippen LogP contribution >= 0.6 is 0 Å². The lowest BCUT2D eigenvalue weighted by Crippen LogP contribution is -2.52. The molecule has 3 amide bonds. The molecule has 0 radical (unpaired) electrons. The second kappa shape index (κ2) is 15.7. The minimum Gasteiger partial charge on any atom is -0.508 e. The number of aromatic hydroxyl groups is 1. The fraction of sp³-hybridized carbons (Fsp3) is 0.393. The van der Waals surface area contributed by atoms with Crippen LogP contribution in [0.2, 0.25) is 0 Å². The Balaban J connectivity index is 2.05. The van der Waals surface area contributed by atoms with Crippen LogP contribution in [0.15, 0.2) is 52.4 Å². The fourth-order valence-corrected chi connectivity index (χ4v) is 4.27. The van der Waals surface area contributed by atoms with E-state index >= 15 is 0 Å². The largest absolute Gasteiger partial charge is 0.508 e. The summed E-state index contributed by atoms with van der Waals surface area (Å²) in [5.41, 5.74) is 25.1. The standard InChI is InChI=1S/C28H41N9O4/c1-16-11-21(38)12-17(2)22(16)14-23(37-28(31)32)26(41)35-18(3)25(40)34-15-20(13-19-7-5-4-6-8-19)36-24(39)9-10-33-27(29)30/h4-8,11-12,18,20,23,38H,9-10,13-15H2,1-3H3,(H,34,40)(H,35,41)(H,36,39)(H4,29,30,33)(H4,31,32,37). The van der Waals surface area contributed by atoms with Gasteiger partial charge in [0.2, 0.25) is 17.7 Å². The van der Waals surface area contributed by atoms with E-state index in [-0.39, 0.29) is 49.5 Å². The smallest absolute Gasteiger partial charge is 0.245 e. The lowest BCUT2D eigenvalue weighted by molar-refractivity contribution is -0.129. The van der Waals surface area contributed by atoms with Gasteiger partial charge in [0.1, 0.15) is 17.8 Å². The monoisotopic (exact) mass is 567 g/mol. The number of benzene rings is 2. The number of hydrogen-bond acceptors (Lipinski definition) is 6. The van der Waals surface area contributed by atoms with Gasteiger partial charge >= 0.3 is 0 Å². The van der Waals surface area contributed by atoms with Gasteiger partial charge in [-0.3, -0.25) is 19.4 Å². The number of amides is 3. The quantitative estimate of drug-likeness (QED) is 0.106. The first-order valence-corrected chi connectivity index (χ1v) is 13.2. The molecule has 0 aliphatic carbocycles. The number of phenols is 1. The number of aliphatic imine (C=N–C) groups is 2. The van der Waals surface area contributed by atoms with E-state index in [9.17, 15) is 19.5 Å². The second-order valence-corrected chi connectivity index (χ2v) is 9.82. The summed E-state index contributed by atoms with van der Waals surface area (Å²) >= 11 is 0. The molecule has 12 N–H and O–H groups in total. The third kappa shape index (κ3) is 11.4. The normalized spacial score (nSPS) is 12.8. The first kappa shape index (κ1) is 32.4. The highest BCUT2D eigenvalue weighted by molar-refractivity contribution is 5.91. The van der Waals surface area contributed by atoms with Gasteiger partial charge in [-0.05, 0) is 61.6 Å². The first-order chi connectivity index (χ1) is 19.3. The summed E-state index contributed by atoms with van der Waals surface area (Å²) in [6.45, 7) is 5.42. The Morgan fingerprint density at radius 1 is 0.902 bits per heavy atom. The van der Waals surface area contributed by atoms with Crippen LogP contribution in [0.3, 0.4) is 0 Å². The van der Waals surface area contributed by atoms with Crippen LogP contribution in [-0.4, -0.2) is 66.0 Å². The maximum atomic E-state index is 13.1. The van der Waals surface area contributed by atoms with Crippen LogP contribution in [0.5, 0.6) is 5.75 Å². The molecule has 3 atom stereocenters. The predicted molar refractivity (Wildman–Crippen MR) is 159 cm³/mol. The van der Waals surface area contributed by atoms with Crippen LogP contribution in [0.25, 0.3) is 0 Å². The second-order valence-electron chi connectivity index (χ2n) is 9.82. The molecule has 0 saturated carbocycles. The molecule has 0 aliphatic heterocycles. The lowest BCUT2D eigenvalue weighted by Gasteiger charge is -2.22. The molecule has 2 aromatic rings. The maximum Gasteiger partial charge on any atom is 0.245 e. The summed E-state index contributed by atoms with van der Waals surface area (Å²) in [6, 6.07) is 10.3. The zero-order chi connectivity index (χ0) is 30.5. The van der Waals surface area contributed by atoms with Crippen molar-refractivity contribution in [1.82, 2.24) is 16.0 Å². The SMILES string of the molecule is Cc1cc(O)cc(C)c1CC(N=C(N)N)C(=O)NC(C)C(=O)NCC(Cc1ccccc1)NC(=O)CCN=C(N)N. The molecular formula is C28H41N9O4. The van der Waals surface area contributed by atoms with Crippen LogP contribution in [0.4, 0.5) is 0 Å². The minimum absolute atomic E-state index is 0.0791. The van der Waals surface area contributed by atoms with Crippen molar-refractivity contribution in [3.8, 4) is 5.75 Å². The first-order valence-electron chi connectivity index (χ1n) is 13.2. The average molecular weight is 568 g/mol. The Morgan fingerprint density at radius 3 is 2.12 bits per heavy atom. The molecule has 13 nitrogen and oxygen atoms in total. The molecule has 0 heterocycles. The lowest BCUT2D eigenvalue weighted by atomic mass is 9.95. The number of carbonyl (C=O) groups excluding carboxylic acids is 3. The molecule has 3 unspecified atom stereocenters. The molecule has 0 fully saturated rings. The predicted octanol–water partition coefficient (Wildman–Crippen LogP) is -0.795. The van der Waals surface area contributed by atoms with Crippen molar-refractivity contribution in [2.45, 2.75) is 58.2 Å². The summed E-state index contributed by atoms with van der Waals surface area (Å²) < 4.78 is 0. The van der Waals surface area contributed by atoms with Crippen molar-refractivity contribution in [3.05, 3.63) is 64.7 Å². The van der Waals surface area contributed by atoms with Crippen LogP contribution in [0, 0.1) is 13.8 Å². The van der Waals surface area contributed by atoms with Gasteiger partial charge in [0.15, 0.2) is 11.9 Å². The molecule has 0 aromatic heterocycles. The van der Waals surface area contributed by atoms with E-state index < -0.39 is 29.9 Å². The molecule has 0 bridgehead atoms. The van der Waals surface area contributed by atoms with Crippen molar-refractivity contribution < 1.29 is 19.5 Å². The Kier molecular flexibility index (Phi) is 12.4. The minimum atomic E-state index is -0.993. The number of phenolic OH excluding ortho intramolecular Hbond substituents is 1. The molecule has 2 aromatic carbocycles. The topological polar surface area (TPSA) is 236 Å². The molecule has 41 heavy (non-hydrogen) atoms. The zero-order valence-corrected chi connectivity index (χ0v) is 23.7. The van der Waals surface area contributed by atoms with Crippen molar-refractivity contribution in [1.29, 1.82) is 0 Å². The molecule has 2 rings (SSSR count). The zero-order valence-electron chi connectivity index (χ0n) is 23.7. The van der Waals surface area contributed by atoms with E-state index in [0.29, 0.717) is 6.42 Å². The molecule has 222 valence electrons. The summed E-state index contributed by atoms with van der Waals surface area (Å²) in [7, 11) is 0. The third-order valence-corrected chi connectivity index (χ3v) is 6.28. The summed E-state index contributed by atoms with van der Waals surface area (Å²) in [4.78, 5) is 46.4. The van der Waals surface area contributed by atoms with Crippen molar-refractivity contribution in [3.63, 3.8) is 0 Å². The van der Waals surface area contributed by atoms with Gasteiger partial charge in [-0.2, -0.15) is 0 Å². The molecule has 13 heteroatoms. The van der Waals surface area contributed by atoms with E-state index in [1.54, 1.807) is 12.1 Å².